The molecule has 0 saturated heterocycles. The molecule has 2 aromatic carbocycles. The summed E-state index contributed by atoms with van der Waals surface area (Å²) in [6, 6.07) is 19.5. The van der Waals surface area contributed by atoms with Crippen molar-refractivity contribution in [2.75, 3.05) is 0 Å². The lowest BCUT2D eigenvalue weighted by atomic mass is 9.95. The molecule has 0 radical (unpaired) electrons. The third-order valence-electron chi connectivity index (χ3n) is 5.73. The molecule has 1 fully saturated rings. The molecule has 0 spiro atoms. The van der Waals surface area contributed by atoms with Crippen LogP contribution in [0.4, 0.5) is 0 Å². The molecule has 1 aliphatic carbocycles. The Morgan fingerprint density at radius 1 is 0.929 bits per heavy atom. The zero-order chi connectivity index (χ0) is 18.9. The van der Waals surface area contributed by atoms with Crippen molar-refractivity contribution >= 4 is 26.8 Å². The Morgan fingerprint density at radius 2 is 1.79 bits per heavy atom. The molecule has 5 rings (SSSR count). The van der Waals surface area contributed by atoms with E-state index in [1.165, 1.54) is 37.7 Å². The highest BCUT2D eigenvalue weighted by atomic mass is 79.9. The number of nitrogens with zero attached hydrogens (tertiary/aromatic N) is 3. The zero-order valence-corrected chi connectivity index (χ0v) is 17.3. The van der Waals surface area contributed by atoms with Gasteiger partial charge in [-0.15, -0.1) is 0 Å². The lowest BCUT2D eigenvalue weighted by Crippen LogP contribution is -2.13. The van der Waals surface area contributed by atoms with Crippen LogP contribution in [0.3, 0.4) is 0 Å². The van der Waals surface area contributed by atoms with Crippen LogP contribution < -0.4 is 0 Å². The van der Waals surface area contributed by atoms with Gasteiger partial charge in [0.25, 0.3) is 0 Å². The Hall–Kier alpha value is -2.46. The van der Waals surface area contributed by atoms with E-state index in [2.05, 4.69) is 74.1 Å². The lowest BCUT2D eigenvalue weighted by Gasteiger charge is -2.24. The van der Waals surface area contributed by atoms with Crippen molar-refractivity contribution in [1.82, 2.24) is 14.5 Å². The van der Waals surface area contributed by atoms with Crippen molar-refractivity contribution in [3.63, 3.8) is 0 Å². The van der Waals surface area contributed by atoms with E-state index in [4.69, 9.17) is 4.98 Å². The maximum Gasteiger partial charge on any atom is 0.140 e. The van der Waals surface area contributed by atoms with Gasteiger partial charge in [0.15, 0.2) is 0 Å². The standard InChI is InChI=1S/C24H22BrN3/c25-21-9-5-4-8-20(21)23-13-10-17-16-18(11-12-22(17)27-23)24-26-14-15-28(24)19-6-2-1-3-7-19/h4-5,8-16,19H,1-3,6-7H2. The number of hydrogen-bond donors (Lipinski definition) is 0. The summed E-state index contributed by atoms with van der Waals surface area (Å²) in [4.78, 5) is 9.57. The normalized spacial score (nSPS) is 15.2. The fourth-order valence-corrected chi connectivity index (χ4v) is 4.76. The minimum absolute atomic E-state index is 0.581. The van der Waals surface area contributed by atoms with Crippen molar-refractivity contribution in [2.45, 2.75) is 38.1 Å². The summed E-state index contributed by atoms with van der Waals surface area (Å²) in [5.74, 6) is 1.07. The molecule has 4 aromatic rings. The van der Waals surface area contributed by atoms with Crippen LogP contribution in [0.1, 0.15) is 38.1 Å². The van der Waals surface area contributed by atoms with Gasteiger partial charge in [-0.1, -0.05) is 59.5 Å². The Balaban J connectivity index is 1.52. The Labute approximate surface area is 173 Å². The van der Waals surface area contributed by atoms with Gasteiger partial charge in [-0.25, -0.2) is 9.97 Å². The monoisotopic (exact) mass is 431 g/mol. The van der Waals surface area contributed by atoms with Crippen molar-refractivity contribution in [3.8, 4) is 22.6 Å². The Morgan fingerprint density at radius 3 is 2.64 bits per heavy atom. The molecule has 1 aliphatic rings. The van der Waals surface area contributed by atoms with Crippen LogP contribution in [0.5, 0.6) is 0 Å². The van der Waals surface area contributed by atoms with E-state index in [-0.39, 0.29) is 0 Å². The summed E-state index contributed by atoms with van der Waals surface area (Å²) in [5.41, 5.74) is 4.27. The van der Waals surface area contributed by atoms with Gasteiger partial charge in [-0.05, 0) is 43.2 Å². The summed E-state index contributed by atoms with van der Waals surface area (Å²) in [7, 11) is 0. The smallest absolute Gasteiger partial charge is 0.140 e. The number of fused-ring (bicyclic) bond motifs is 1. The van der Waals surface area contributed by atoms with Crippen molar-refractivity contribution < 1.29 is 0 Å². The molecule has 4 heteroatoms. The first-order valence-corrected chi connectivity index (χ1v) is 10.8. The average molecular weight is 432 g/mol. The van der Waals surface area contributed by atoms with Crippen LogP contribution in [0, 0.1) is 0 Å². The predicted molar refractivity (Wildman–Crippen MR) is 118 cm³/mol. The van der Waals surface area contributed by atoms with Crippen LogP contribution in [0.25, 0.3) is 33.5 Å². The molecular formula is C24H22BrN3. The second kappa shape index (κ2) is 7.51. The fourth-order valence-electron chi connectivity index (χ4n) is 4.27. The summed E-state index contributed by atoms with van der Waals surface area (Å²) < 4.78 is 3.44. The number of imidazole rings is 1. The molecule has 140 valence electrons. The van der Waals surface area contributed by atoms with Gasteiger partial charge >= 0.3 is 0 Å². The van der Waals surface area contributed by atoms with E-state index < -0.39 is 0 Å². The molecule has 0 bridgehead atoms. The molecule has 0 unspecified atom stereocenters. The van der Waals surface area contributed by atoms with E-state index in [0.29, 0.717) is 6.04 Å². The summed E-state index contributed by atoms with van der Waals surface area (Å²) in [6.07, 6.45) is 10.6. The molecule has 3 nitrogen and oxygen atoms in total. The van der Waals surface area contributed by atoms with Gasteiger partial charge in [-0.3, -0.25) is 0 Å². The highest BCUT2D eigenvalue weighted by Gasteiger charge is 2.18. The van der Waals surface area contributed by atoms with Gasteiger partial charge < -0.3 is 4.57 Å². The molecule has 28 heavy (non-hydrogen) atoms. The van der Waals surface area contributed by atoms with E-state index in [1.54, 1.807) is 0 Å². The van der Waals surface area contributed by atoms with Gasteiger partial charge in [0, 0.05) is 39.4 Å². The Bertz CT molecular complexity index is 1130. The highest BCUT2D eigenvalue weighted by molar-refractivity contribution is 9.10. The number of rotatable bonds is 3. The van der Waals surface area contributed by atoms with E-state index >= 15 is 0 Å². The second-order valence-electron chi connectivity index (χ2n) is 7.53. The quantitative estimate of drug-likeness (QED) is 0.348. The SMILES string of the molecule is Brc1ccccc1-c1ccc2cc(-c3nccn3C3CCCCC3)ccc2n1. The zero-order valence-electron chi connectivity index (χ0n) is 15.7. The summed E-state index contributed by atoms with van der Waals surface area (Å²) in [6.45, 7) is 0. The number of hydrogen-bond acceptors (Lipinski definition) is 2. The van der Waals surface area contributed by atoms with Gasteiger partial charge in [0.05, 0.1) is 11.2 Å². The maximum absolute atomic E-state index is 4.88. The summed E-state index contributed by atoms with van der Waals surface area (Å²) >= 11 is 3.63. The van der Waals surface area contributed by atoms with Crippen LogP contribution in [0.2, 0.25) is 0 Å². The van der Waals surface area contributed by atoms with Crippen LogP contribution in [-0.4, -0.2) is 14.5 Å². The minimum atomic E-state index is 0.581. The second-order valence-corrected chi connectivity index (χ2v) is 8.39. The third-order valence-corrected chi connectivity index (χ3v) is 6.43. The number of halogens is 1. The van der Waals surface area contributed by atoms with Crippen molar-refractivity contribution in [3.05, 3.63) is 71.5 Å². The molecule has 2 aromatic heterocycles. The molecule has 0 N–H and O–H groups in total. The predicted octanol–water partition coefficient (Wildman–Crippen LogP) is 7.03. The third kappa shape index (κ3) is 3.26. The van der Waals surface area contributed by atoms with Crippen molar-refractivity contribution in [2.24, 2.45) is 0 Å². The average Bonchev–Trinajstić information content (AvgIpc) is 3.24. The molecule has 0 aliphatic heterocycles. The maximum atomic E-state index is 4.88. The van der Waals surface area contributed by atoms with Crippen LogP contribution in [-0.2, 0) is 0 Å². The van der Waals surface area contributed by atoms with Crippen molar-refractivity contribution in [1.29, 1.82) is 0 Å². The number of aromatic nitrogens is 3. The van der Waals surface area contributed by atoms with E-state index in [1.807, 2.05) is 18.3 Å². The van der Waals surface area contributed by atoms with Gasteiger partial charge in [0.2, 0.25) is 0 Å². The number of pyridine rings is 1. The van der Waals surface area contributed by atoms with E-state index in [9.17, 15) is 0 Å². The molecule has 0 atom stereocenters. The number of benzene rings is 2. The molecule has 0 amide bonds. The van der Waals surface area contributed by atoms with Gasteiger partial charge in [0.1, 0.15) is 5.82 Å². The van der Waals surface area contributed by atoms with E-state index in [0.717, 1.165) is 32.5 Å². The molecular weight excluding hydrogens is 410 g/mol. The molecule has 1 saturated carbocycles. The first-order chi connectivity index (χ1) is 13.8. The minimum Gasteiger partial charge on any atom is -0.328 e. The topological polar surface area (TPSA) is 30.7 Å². The Kier molecular flexibility index (Phi) is 4.73. The fraction of sp³-hybridized carbons (Fsp3) is 0.250. The first kappa shape index (κ1) is 17.6. The first-order valence-electron chi connectivity index (χ1n) is 9.98. The lowest BCUT2D eigenvalue weighted by molar-refractivity contribution is 0.355. The van der Waals surface area contributed by atoms with Crippen LogP contribution >= 0.6 is 15.9 Å². The molecule has 2 heterocycles. The summed E-state index contributed by atoms with van der Waals surface area (Å²) in [5, 5.41) is 1.14. The van der Waals surface area contributed by atoms with Gasteiger partial charge in [-0.2, -0.15) is 0 Å². The largest absolute Gasteiger partial charge is 0.328 e. The highest BCUT2D eigenvalue weighted by Crippen LogP contribution is 2.33. The van der Waals surface area contributed by atoms with Crippen LogP contribution in [0.15, 0.2) is 71.5 Å².